The molecule has 11 nitrogen and oxygen atoms in total. The van der Waals surface area contributed by atoms with Crippen molar-refractivity contribution in [1.29, 1.82) is 0 Å². The van der Waals surface area contributed by atoms with Crippen molar-refractivity contribution in [2.75, 3.05) is 42.2 Å². The number of pyridine rings is 1. The summed E-state index contributed by atoms with van der Waals surface area (Å²) in [7, 11) is -7.65. The Kier molecular flexibility index (Phi) is 8.47. The van der Waals surface area contributed by atoms with Crippen molar-refractivity contribution in [3.8, 4) is 22.3 Å². The van der Waals surface area contributed by atoms with E-state index in [0.717, 1.165) is 23.1 Å². The van der Waals surface area contributed by atoms with Crippen molar-refractivity contribution in [1.82, 2.24) is 18.7 Å². The number of rotatable bonds is 9. The zero-order valence-corrected chi connectivity index (χ0v) is 28.4. The van der Waals surface area contributed by atoms with Gasteiger partial charge in [-0.2, -0.15) is 5.10 Å². The summed E-state index contributed by atoms with van der Waals surface area (Å²) in [6, 6.07) is 20.2. The van der Waals surface area contributed by atoms with Crippen molar-refractivity contribution in [3.05, 3.63) is 115 Å². The molecule has 0 spiro atoms. The monoisotopic (exact) mass is 700 g/mol. The first-order valence-electron chi connectivity index (χ1n) is 15.5. The second kappa shape index (κ2) is 12.8. The summed E-state index contributed by atoms with van der Waals surface area (Å²) in [5.74, 6) is -0.347. The third-order valence-electron chi connectivity index (χ3n) is 8.34. The number of morpholine rings is 1. The first kappa shape index (κ1) is 32.5. The number of benzene rings is 3. The van der Waals surface area contributed by atoms with E-state index in [0.29, 0.717) is 66.2 Å². The fourth-order valence-electron chi connectivity index (χ4n) is 5.96. The average molecular weight is 701 g/mol. The van der Waals surface area contributed by atoms with Crippen molar-refractivity contribution in [3.63, 3.8) is 0 Å². The molecule has 1 fully saturated rings. The van der Waals surface area contributed by atoms with Crippen LogP contribution in [0.15, 0.2) is 102 Å². The molecule has 1 aliphatic heterocycles. The highest BCUT2D eigenvalue weighted by atomic mass is 32.2. The van der Waals surface area contributed by atoms with Crippen LogP contribution in [0.4, 0.5) is 15.8 Å². The molecule has 14 heteroatoms. The lowest BCUT2D eigenvalue weighted by atomic mass is 10.0. The van der Waals surface area contributed by atoms with E-state index in [9.17, 15) is 21.2 Å². The highest BCUT2D eigenvalue weighted by Gasteiger charge is 2.25. The van der Waals surface area contributed by atoms with Gasteiger partial charge in [0.15, 0.2) is 5.65 Å². The van der Waals surface area contributed by atoms with E-state index in [4.69, 9.17) is 4.74 Å². The molecule has 0 aliphatic carbocycles. The standard InChI is InChI=1S/C35H33FN6O5S2/c1-24-6-9-30(10-7-24)49(45,46)42-23-32(28-20-38-41(22-28)21-25-4-3-5-29(36)16-25)31-17-27(19-37-35(31)42)26-8-11-34(40-12-14-47-15-13-40)33(18-26)39-48(2,43)44/h3-11,16-20,22-23,39H,12-15,21H2,1-2H3. The van der Waals surface area contributed by atoms with Crippen molar-refractivity contribution < 1.29 is 26.0 Å². The van der Waals surface area contributed by atoms with Crippen molar-refractivity contribution >= 4 is 42.5 Å². The number of nitrogens with zero attached hydrogens (tertiary/aromatic N) is 5. The van der Waals surface area contributed by atoms with E-state index in [1.165, 1.54) is 16.1 Å². The Balaban J connectivity index is 1.36. The maximum absolute atomic E-state index is 14.0. The summed E-state index contributed by atoms with van der Waals surface area (Å²) >= 11 is 0. The zero-order valence-electron chi connectivity index (χ0n) is 26.7. The zero-order chi connectivity index (χ0) is 34.3. The number of aromatic nitrogens is 4. The summed E-state index contributed by atoms with van der Waals surface area (Å²) in [5.41, 5.74) is 5.56. The molecule has 1 aliphatic rings. The molecular weight excluding hydrogens is 668 g/mol. The van der Waals surface area contributed by atoms with Gasteiger partial charge in [0.25, 0.3) is 10.0 Å². The first-order chi connectivity index (χ1) is 23.4. The molecule has 49 heavy (non-hydrogen) atoms. The number of anilines is 2. The number of fused-ring (bicyclic) bond motifs is 1. The first-order valence-corrected chi connectivity index (χ1v) is 18.8. The number of aryl methyl sites for hydroxylation is 1. The summed E-state index contributed by atoms with van der Waals surface area (Å²) in [6.45, 7) is 4.49. The van der Waals surface area contributed by atoms with Gasteiger partial charge in [0.2, 0.25) is 10.0 Å². The Morgan fingerprint density at radius 2 is 1.65 bits per heavy atom. The minimum atomic E-state index is -4.05. The van der Waals surface area contributed by atoms with Gasteiger partial charge in [-0.3, -0.25) is 9.40 Å². The van der Waals surface area contributed by atoms with Crippen LogP contribution in [0.1, 0.15) is 11.1 Å². The van der Waals surface area contributed by atoms with Crippen LogP contribution < -0.4 is 9.62 Å². The van der Waals surface area contributed by atoms with Crippen molar-refractivity contribution in [2.24, 2.45) is 0 Å². The molecule has 3 aromatic carbocycles. The number of nitrogens with one attached hydrogen (secondary N) is 1. The third kappa shape index (κ3) is 6.80. The normalized spacial score (nSPS) is 14.0. The number of hydrogen-bond acceptors (Lipinski definition) is 8. The molecule has 4 heterocycles. The fourth-order valence-corrected chi connectivity index (χ4v) is 7.85. The molecule has 1 saturated heterocycles. The Morgan fingerprint density at radius 1 is 0.878 bits per heavy atom. The number of sulfonamides is 1. The van der Waals surface area contributed by atoms with Gasteiger partial charge in [-0.05, 0) is 60.5 Å². The molecule has 6 aromatic rings. The molecule has 7 rings (SSSR count). The van der Waals surface area contributed by atoms with Gasteiger partial charge in [-0.25, -0.2) is 30.2 Å². The molecule has 0 unspecified atom stereocenters. The molecule has 0 atom stereocenters. The Hall–Kier alpha value is -5.05. The van der Waals surface area contributed by atoms with Gasteiger partial charge in [0, 0.05) is 53.8 Å². The SMILES string of the molecule is Cc1ccc(S(=O)(=O)n2cc(-c3cnn(Cc4cccc(F)c4)c3)c3cc(-c4ccc(N5CCOCC5)c(NS(C)(=O)=O)c4)cnc32)cc1. The molecule has 252 valence electrons. The van der Waals surface area contributed by atoms with Gasteiger partial charge < -0.3 is 9.64 Å². The number of ether oxygens (including phenoxy) is 1. The summed E-state index contributed by atoms with van der Waals surface area (Å²) in [4.78, 5) is 6.85. The fraction of sp³-hybridized carbons (Fsp3) is 0.200. The second-order valence-corrected chi connectivity index (χ2v) is 15.6. The van der Waals surface area contributed by atoms with Crippen LogP contribution in [0.2, 0.25) is 0 Å². The summed E-state index contributed by atoms with van der Waals surface area (Å²) < 4.78 is 77.6. The number of hydrogen-bond donors (Lipinski definition) is 1. The predicted molar refractivity (Wildman–Crippen MR) is 187 cm³/mol. The Labute approximate surface area is 283 Å². The van der Waals surface area contributed by atoms with E-state index < -0.39 is 20.0 Å². The Bertz CT molecular complexity index is 2400. The Morgan fingerprint density at radius 3 is 2.39 bits per heavy atom. The molecular formula is C35H33FN6O5S2. The molecule has 0 radical (unpaired) electrons. The largest absolute Gasteiger partial charge is 0.378 e. The summed E-state index contributed by atoms with van der Waals surface area (Å²) in [6.07, 6.45) is 7.64. The summed E-state index contributed by atoms with van der Waals surface area (Å²) in [5, 5.41) is 5.03. The van der Waals surface area contributed by atoms with E-state index in [-0.39, 0.29) is 16.4 Å². The van der Waals surface area contributed by atoms with Gasteiger partial charge >= 0.3 is 0 Å². The van der Waals surface area contributed by atoms with Crippen LogP contribution in [0.5, 0.6) is 0 Å². The van der Waals surface area contributed by atoms with Gasteiger partial charge in [0.05, 0.1) is 48.5 Å². The lowest BCUT2D eigenvalue weighted by Crippen LogP contribution is -2.36. The quantitative estimate of drug-likeness (QED) is 0.209. The van der Waals surface area contributed by atoms with Crippen LogP contribution >= 0.6 is 0 Å². The minimum absolute atomic E-state index is 0.115. The molecule has 1 N–H and O–H groups in total. The maximum Gasteiger partial charge on any atom is 0.269 e. The molecule has 3 aromatic heterocycles. The average Bonchev–Trinajstić information content (AvgIpc) is 3.69. The van der Waals surface area contributed by atoms with Crippen LogP contribution in [0.3, 0.4) is 0 Å². The highest BCUT2D eigenvalue weighted by molar-refractivity contribution is 7.92. The maximum atomic E-state index is 14.0. The van der Waals surface area contributed by atoms with E-state index >= 15 is 0 Å². The lowest BCUT2D eigenvalue weighted by Gasteiger charge is -2.30. The van der Waals surface area contributed by atoms with Gasteiger partial charge in [-0.1, -0.05) is 35.9 Å². The van der Waals surface area contributed by atoms with Crippen LogP contribution in [0, 0.1) is 12.7 Å². The molecule has 0 bridgehead atoms. The third-order valence-corrected chi connectivity index (χ3v) is 10.6. The van der Waals surface area contributed by atoms with Crippen LogP contribution in [-0.2, 0) is 31.3 Å². The van der Waals surface area contributed by atoms with Crippen LogP contribution in [0.25, 0.3) is 33.3 Å². The van der Waals surface area contributed by atoms with Gasteiger partial charge in [0.1, 0.15) is 5.82 Å². The van der Waals surface area contributed by atoms with E-state index in [1.807, 2.05) is 25.1 Å². The number of halogens is 1. The minimum Gasteiger partial charge on any atom is -0.378 e. The van der Waals surface area contributed by atoms with E-state index in [1.54, 1.807) is 71.9 Å². The topological polar surface area (TPSA) is 128 Å². The van der Waals surface area contributed by atoms with E-state index in [2.05, 4.69) is 19.7 Å². The van der Waals surface area contributed by atoms with Crippen LogP contribution in [-0.4, -0.2) is 68.1 Å². The van der Waals surface area contributed by atoms with Crippen molar-refractivity contribution in [2.45, 2.75) is 18.4 Å². The molecule has 0 amide bonds. The van der Waals surface area contributed by atoms with Gasteiger partial charge in [-0.15, -0.1) is 0 Å². The molecule has 0 saturated carbocycles. The highest BCUT2D eigenvalue weighted by Crippen LogP contribution is 2.37. The lowest BCUT2D eigenvalue weighted by molar-refractivity contribution is 0.123. The second-order valence-electron chi connectivity index (χ2n) is 12.0. The smallest absolute Gasteiger partial charge is 0.269 e. The predicted octanol–water partition coefficient (Wildman–Crippen LogP) is 5.51.